The van der Waals surface area contributed by atoms with Gasteiger partial charge in [0.05, 0.1) is 11.0 Å². The molecule has 0 bridgehead atoms. The van der Waals surface area contributed by atoms with E-state index < -0.39 is 0 Å². The maximum Gasteiger partial charge on any atom is 0.232 e. The van der Waals surface area contributed by atoms with Crippen molar-refractivity contribution in [1.82, 2.24) is 10.1 Å². The molecule has 0 radical (unpaired) electrons. The first-order valence-electron chi connectivity index (χ1n) is 8.29. The van der Waals surface area contributed by atoms with Gasteiger partial charge in [-0.2, -0.15) is 4.98 Å². The fraction of sp³-hybridized carbons (Fsp3) is 0.556. The predicted molar refractivity (Wildman–Crippen MR) is 84.5 cm³/mol. The molecule has 0 aliphatic heterocycles. The third kappa shape index (κ3) is 2.17. The van der Waals surface area contributed by atoms with E-state index >= 15 is 0 Å². The third-order valence-corrected chi connectivity index (χ3v) is 5.53. The van der Waals surface area contributed by atoms with Crippen LogP contribution in [0.5, 0.6) is 0 Å². The van der Waals surface area contributed by atoms with Crippen molar-refractivity contribution in [3.63, 3.8) is 0 Å². The van der Waals surface area contributed by atoms with Gasteiger partial charge in [0.1, 0.15) is 0 Å². The smallest absolute Gasteiger partial charge is 0.232 e. The van der Waals surface area contributed by atoms with Crippen LogP contribution in [0.1, 0.15) is 61.9 Å². The molecule has 0 amide bonds. The molecule has 2 N–H and O–H groups in total. The Morgan fingerprint density at radius 2 is 1.82 bits per heavy atom. The lowest BCUT2D eigenvalue weighted by Gasteiger charge is -2.31. The third-order valence-electron chi connectivity index (χ3n) is 5.53. The first kappa shape index (κ1) is 13.9. The molecule has 1 unspecified atom stereocenters. The summed E-state index contributed by atoms with van der Waals surface area (Å²) < 4.78 is 5.66. The first-order valence-corrected chi connectivity index (χ1v) is 8.29. The van der Waals surface area contributed by atoms with Crippen LogP contribution in [0.4, 0.5) is 0 Å². The van der Waals surface area contributed by atoms with Crippen LogP contribution in [0.2, 0.25) is 0 Å². The summed E-state index contributed by atoms with van der Waals surface area (Å²) in [5.41, 5.74) is 8.86. The van der Waals surface area contributed by atoms with Crippen molar-refractivity contribution in [2.45, 2.75) is 62.8 Å². The number of rotatable bonds is 2. The van der Waals surface area contributed by atoms with E-state index in [1.165, 1.54) is 11.1 Å². The number of nitrogens with zero attached hydrogens (tertiary/aromatic N) is 2. The highest BCUT2D eigenvalue weighted by atomic mass is 16.5. The van der Waals surface area contributed by atoms with Crippen molar-refractivity contribution in [1.29, 1.82) is 0 Å². The normalized spacial score (nSPS) is 26.8. The molecule has 0 saturated heterocycles. The predicted octanol–water partition coefficient (Wildman–Crippen LogP) is 3.24. The maximum absolute atomic E-state index is 6.46. The Morgan fingerprint density at radius 3 is 2.59 bits per heavy atom. The molecule has 116 valence electrons. The SMILES string of the molecule is CC1(c2nc(C3(N)CCCC3)no2)CCc2ccccc2C1. The van der Waals surface area contributed by atoms with E-state index in [1.54, 1.807) is 0 Å². The van der Waals surface area contributed by atoms with Crippen LogP contribution in [0.25, 0.3) is 0 Å². The van der Waals surface area contributed by atoms with Crippen molar-refractivity contribution < 1.29 is 4.52 Å². The fourth-order valence-electron chi connectivity index (χ4n) is 3.98. The summed E-state index contributed by atoms with van der Waals surface area (Å²) in [5.74, 6) is 1.47. The Kier molecular flexibility index (Phi) is 3.12. The van der Waals surface area contributed by atoms with Crippen molar-refractivity contribution in [3.05, 3.63) is 47.1 Å². The van der Waals surface area contributed by atoms with Gasteiger partial charge in [-0.25, -0.2) is 0 Å². The Morgan fingerprint density at radius 1 is 1.09 bits per heavy atom. The molecule has 2 aromatic rings. The number of hydrogen-bond acceptors (Lipinski definition) is 4. The summed E-state index contributed by atoms with van der Waals surface area (Å²) in [7, 11) is 0. The number of benzene rings is 1. The van der Waals surface area contributed by atoms with Crippen molar-refractivity contribution in [2.75, 3.05) is 0 Å². The highest BCUT2D eigenvalue weighted by Crippen LogP contribution is 2.40. The van der Waals surface area contributed by atoms with Gasteiger partial charge < -0.3 is 10.3 Å². The second-order valence-corrected chi connectivity index (χ2v) is 7.29. The van der Waals surface area contributed by atoms with Gasteiger partial charge in [0, 0.05) is 0 Å². The Hall–Kier alpha value is -1.68. The quantitative estimate of drug-likeness (QED) is 0.924. The topological polar surface area (TPSA) is 64.9 Å². The lowest BCUT2D eigenvalue weighted by molar-refractivity contribution is 0.266. The molecule has 4 rings (SSSR count). The lowest BCUT2D eigenvalue weighted by Crippen LogP contribution is -2.35. The van der Waals surface area contributed by atoms with Gasteiger partial charge in [-0.3, -0.25) is 0 Å². The Bertz CT molecular complexity index is 687. The van der Waals surface area contributed by atoms with E-state index in [1.807, 2.05) is 0 Å². The van der Waals surface area contributed by atoms with Gasteiger partial charge in [-0.1, -0.05) is 49.2 Å². The molecule has 4 nitrogen and oxygen atoms in total. The largest absolute Gasteiger partial charge is 0.339 e. The van der Waals surface area contributed by atoms with E-state index in [9.17, 15) is 0 Å². The zero-order valence-electron chi connectivity index (χ0n) is 13.1. The zero-order chi connectivity index (χ0) is 15.2. The van der Waals surface area contributed by atoms with Crippen molar-refractivity contribution in [2.24, 2.45) is 5.73 Å². The molecule has 1 aromatic heterocycles. The minimum absolute atomic E-state index is 0.0748. The molecule has 1 fully saturated rings. The minimum Gasteiger partial charge on any atom is -0.339 e. The van der Waals surface area contributed by atoms with Gasteiger partial charge in [0.15, 0.2) is 5.82 Å². The minimum atomic E-state index is -0.370. The number of aromatic nitrogens is 2. The van der Waals surface area contributed by atoms with Gasteiger partial charge in [0.2, 0.25) is 5.89 Å². The monoisotopic (exact) mass is 297 g/mol. The number of fused-ring (bicyclic) bond motifs is 1. The lowest BCUT2D eigenvalue weighted by atomic mass is 9.73. The van der Waals surface area contributed by atoms with Gasteiger partial charge in [0.25, 0.3) is 0 Å². The van der Waals surface area contributed by atoms with Crippen LogP contribution >= 0.6 is 0 Å². The highest BCUT2D eigenvalue weighted by molar-refractivity contribution is 5.33. The van der Waals surface area contributed by atoms with Crippen LogP contribution in [-0.4, -0.2) is 10.1 Å². The Balaban J connectivity index is 1.64. The van der Waals surface area contributed by atoms with Crippen LogP contribution in [-0.2, 0) is 23.8 Å². The molecule has 4 heteroatoms. The van der Waals surface area contributed by atoms with Gasteiger partial charge >= 0.3 is 0 Å². The molecule has 1 heterocycles. The average molecular weight is 297 g/mol. The van der Waals surface area contributed by atoms with Crippen LogP contribution in [0.15, 0.2) is 28.8 Å². The van der Waals surface area contributed by atoms with Crippen LogP contribution in [0.3, 0.4) is 0 Å². The standard InChI is InChI=1S/C18H23N3O/c1-17(11-8-13-6-2-3-7-14(13)12-17)16-20-15(21-22-16)18(19)9-4-5-10-18/h2-3,6-7H,4-5,8-12,19H2,1H3. The van der Waals surface area contributed by atoms with Crippen molar-refractivity contribution in [3.8, 4) is 0 Å². The Labute approximate surface area is 131 Å². The van der Waals surface area contributed by atoms with E-state index in [-0.39, 0.29) is 11.0 Å². The number of nitrogens with two attached hydrogens (primary N) is 1. The van der Waals surface area contributed by atoms with E-state index in [0.29, 0.717) is 5.82 Å². The van der Waals surface area contributed by atoms with Gasteiger partial charge in [-0.15, -0.1) is 0 Å². The molecule has 2 aliphatic rings. The first-order chi connectivity index (χ1) is 10.6. The number of aryl methyl sites for hydroxylation is 1. The summed E-state index contributed by atoms with van der Waals surface area (Å²) in [6.45, 7) is 2.23. The molecule has 1 saturated carbocycles. The maximum atomic E-state index is 6.46. The molecule has 2 aliphatic carbocycles. The molecule has 22 heavy (non-hydrogen) atoms. The van der Waals surface area contributed by atoms with E-state index in [2.05, 4.69) is 36.3 Å². The zero-order valence-corrected chi connectivity index (χ0v) is 13.1. The molecule has 1 atom stereocenters. The summed E-state index contributed by atoms with van der Waals surface area (Å²) in [4.78, 5) is 4.73. The molecule has 0 spiro atoms. The summed E-state index contributed by atoms with van der Waals surface area (Å²) in [5, 5.41) is 4.24. The summed E-state index contributed by atoms with van der Waals surface area (Å²) >= 11 is 0. The average Bonchev–Trinajstić information content (AvgIpc) is 3.17. The molecular weight excluding hydrogens is 274 g/mol. The van der Waals surface area contributed by atoms with Crippen LogP contribution in [0, 0.1) is 0 Å². The van der Waals surface area contributed by atoms with E-state index in [0.717, 1.165) is 50.8 Å². The van der Waals surface area contributed by atoms with Crippen molar-refractivity contribution >= 4 is 0 Å². The second kappa shape index (κ2) is 4.92. The highest BCUT2D eigenvalue weighted by Gasteiger charge is 2.40. The number of hydrogen-bond donors (Lipinski definition) is 1. The summed E-state index contributed by atoms with van der Waals surface area (Å²) in [6, 6.07) is 8.66. The summed E-state index contributed by atoms with van der Waals surface area (Å²) in [6.07, 6.45) is 7.32. The molecule has 1 aromatic carbocycles. The fourth-order valence-corrected chi connectivity index (χ4v) is 3.98. The van der Waals surface area contributed by atoms with Gasteiger partial charge in [-0.05, 0) is 43.2 Å². The van der Waals surface area contributed by atoms with Crippen LogP contribution < -0.4 is 5.73 Å². The molecular formula is C18H23N3O. The van der Waals surface area contributed by atoms with E-state index in [4.69, 9.17) is 15.2 Å². The second-order valence-electron chi connectivity index (χ2n) is 7.29.